The van der Waals surface area contributed by atoms with Crippen molar-refractivity contribution in [1.82, 2.24) is 0 Å². The Morgan fingerprint density at radius 2 is 1.85 bits per heavy atom. The van der Waals surface area contributed by atoms with Crippen LogP contribution in [0.2, 0.25) is 0 Å². The van der Waals surface area contributed by atoms with Crippen LogP contribution in [0, 0.1) is 17.5 Å². The molecular weight excluding hydrogens is 269 g/mol. The number of rotatable bonds is 4. The second-order valence-electron chi connectivity index (χ2n) is 4.20. The van der Waals surface area contributed by atoms with Crippen molar-refractivity contribution in [2.24, 2.45) is 0 Å². The second-order valence-corrected chi connectivity index (χ2v) is 4.20. The number of Topliss-reactive ketones (excluding diaryl/α,β-unsaturated/α-hetero) is 1. The molecule has 0 saturated carbocycles. The van der Waals surface area contributed by atoms with Crippen molar-refractivity contribution < 1.29 is 22.7 Å². The summed E-state index contributed by atoms with van der Waals surface area (Å²) in [6.07, 6.45) is 0. The van der Waals surface area contributed by atoms with Crippen LogP contribution in [0.25, 0.3) is 0 Å². The van der Waals surface area contributed by atoms with Crippen LogP contribution in [0.4, 0.5) is 13.2 Å². The fourth-order valence-electron chi connectivity index (χ4n) is 1.69. The lowest BCUT2D eigenvalue weighted by molar-refractivity contribution is 0.101. The largest absolute Gasteiger partial charge is 0.489 e. The van der Waals surface area contributed by atoms with Gasteiger partial charge >= 0.3 is 0 Å². The molecule has 0 aliphatic heterocycles. The van der Waals surface area contributed by atoms with E-state index in [-0.39, 0.29) is 23.5 Å². The fourth-order valence-corrected chi connectivity index (χ4v) is 1.69. The number of halogens is 3. The zero-order valence-corrected chi connectivity index (χ0v) is 10.6. The summed E-state index contributed by atoms with van der Waals surface area (Å²) in [5, 5.41) is 0. The summed E-state index contributed by atoms with van der Waals surface area (Å²) in [5.74, 6) is -2.94. The molecule has 20 heavy (non-hydrogen) atoms. The highest BCUT2D eigenvalue weighted by Gasteiger charge is 2.10. The quantitative estimate of drug-likeness (QED) is 0.794. The number of hydrogen-bond acceptors (Lipinski definition) is 2. The molecule has 0 radical (unpaired) electrons. The first-order valence-corrected chi connectivity index (χ1v) is 5.85. The number of ether oxygens (including phenoxy) is 1. The Morgan fingerprint density at radius 3 is 2.50 bits per heavy atom. The van der Waals surface area contributed by atoms with Gasteiger partial charge in [-0.3, -0.25) is 4.79 Å². The number of carbonyl (C=O) groups is 1. The van der Waals surface area contributed by atoms with Gasteiger partial charge in [-0.25, -0.2) is 13.2 Å². The lowest BCUT2D eigenvalue weighted by atomic mass is 10.1. The van der Waals surface area contributed by atoms with Crippen LogP contribution in [-0.2, 0) is 6.61 Å². The van der Waals surface area contributed by atoms with Crippen LogP contribution < -0.4 is 4.74 Å². The SMILES string of the molecule is CC(=O)c1ccc(OCc2cccc(F)c2F)cc1F. The van der Waals surface area contributed by atoms with Crippen molar-refractivity contribution >= 4 is 5.78 Å². The van der Waals surface area contributed by atoms with E-state index in [4.69, 9.17) is 4.74 Å². The minimum atomic E-state index is -0.992. The standard InChI is InChI=1S/C15H11F3O2/c1-9(19)12-6-5-11(7-14(12)17)20-8-10-3-2-4-13(16)15(10)18/h2-7H,8H2,1H3. The van der Waals surface area contributed by atoms with E-state index >= 15 is 0 Å². The van der Waals surface area contributed by atoms with Gasteiger partial charge in [0.15, 0.2) is 17.4 Å². The lowest BCUT2D eigenvalue weighted by Gasteiger charge is -2.08. The van der Waals surface area contributed by atoms with E-state index in [1.807, 2.05) is 0 Å². The molecule has 0 amide bonds. The molecule has 0 aliphatic carbocycles. The van der Waals surface area contributed by atoms with Gasteiger partial charge in [-0.1, -0.05) is 12.1 Å². The Bertz CT molecular complexity index is 654. The summed E-state index contributed by atoms with van der Waals surface area (Å²) in [5.41, 5.74) is -0.0182. The third-order valence-electron chi connectivity index (χ3n) is 2.75. The highest BCUT2D eigenvalue weighted by atomic mass is 19.2. The molecule has 0 spiro atoms. The smallest absolute Gasteiger partial charge is 0.165 e. The van der Waals surface area contributed by atoms with Crippen molar-refractivity contribution in [2.75, 3.05) is 0 Å². The van der Waals surface area contributed by atoms with Crippen molar-refractivity contribution in [3.8, 4) is 5.75 Å². The van der Waals surface area contributed by atoms with Gasteiger partial charge in [0.25, 0.3) is 0 Å². The van der Waals surface area contributed by atoms with Crippen LogP contribution in [0.15, 0.2) is 36.4 Å². The van der Waals surface area contributed by atoms with Gasteiger partial charge in [0.2, 0.25) is 0 Å². The Labute approximate surface area is 113 Å². The predicted octanol–water partition coefficient (Wildman–Crippen LogP) is 3.89. The van der Waals surface area contributed by atoms with Gasteiger partial charge in [0.1, 0.15) is 18.2 Å². The molecule has 0 saturated heterocycles. The van der Waals surface area contributed by atoms with Crippen LogP contribution in [-0.4, -0.2) is 5.78 Å². The third-order valence-corrected chi connectivity index (χ3v) is 2.75. The molecule has 0 N–H and O–H groups in total. The molecule has 2 aromatic rings. The Morgan fingerprint density at radius 1 is 1.10 bits per heavy atom. The van der Waals surface area contributed by atoms with Crippen molar-refractivity contribution in [3.63, 3.8) is 0 Å². The van der Waals surface area contributed by atoms with E-state index in [0.717, 1.165) is 12.1 Å². The second kappa shape index (κ2) is 5.77. The summed E-state index contributed by atoms with van der Waals surface area (Å²) < 4.78 is 45.1. The molecule has 0 aliphatic rings. The number of benzene rings is 2. The molecule has 2 rings (SSSR count). The molecule has 2 aromatic carbocycles. The van der Waals surface area contributed by atoms with E-state index in [1.54, 1.807) is 0 Å². The molecule has 5 heteroatoms. The molecule has 0 heterocycles. The van der Waals surface area contributed by atoms with Crippen molar-refractivity contribution in [1.29, 1.82) is 0 Å². The molecule has 0 atom stereocenters. The maximum absolute atomic E-state index is 13.5. The van der Waals surface area contributed by atoms with Gasteiger partial charge in [-0.2, -0.15) is 0 Å². The maximum atomic E-state index is 13.5. The fraction of sp³-hybridized carbons (Fsp3) is 0.133. The predicted molar refractivity (Wildman–Crippen MR) is 67.1 cm³/mol. The molecule has 0 fully saturated rings. The van der Waals surface area contributed by atoms with E-state index in [0.29, 0.717) is 0 Å². The Kier molecular flexibility index (Phi) is 4.08. The summed E-state index contributed by atoms with van der Waals surface area (Å²) in [7, 11) is 0. The first-order chi connectivity index (χ1) is 9.49. The monoisotopic (exact) mass is 280 g/mol. The average molecular weight is 280 g/mol. The highest BCUT2D eigenvalue weighted by molar-refractivity contribution is 5.94. The van der Waals surface area contributed by atoms with Gasteiger partial charge in [0, 0.05) is 11.6 Å². The average Bonchev–Trinajstić information content (AvgIpc) is 2.40. The first kappa shape index (κ1) is 14.1. The zero-order chi connectivity index (χ0) is 14.7. The van der Waals surface area contributed by atoms with E-state index in [1.165, 1.54) is 31.2 Å². The van der Waals surface area contributed by atoms with Crippen LogP contribution in [0.1, 0.15) is 22.8 Å². The summed E-state index contributed by atoms with van der Waals surface area (Å²) >= 11 is 0. The van der Waals surface area contributed by atoms with Gasteiger partial charge < -0.3 is 4.74 Å². The van der Waals surface area contributed by atoms with E-state index in [9.17, 15) is 18.0 Å². The molecule has 0 bridgehead atoms. The minimum Gasteiger partial charge on any atom is -0.489 e. The summed E-state index contributed by atoms with van der Waals surface area (Å²) in [6, 6.07) is 7.45. The van der Waals surface area contributed by atoms with Crippen LogP contribution in [0.5, 0.6) is 5.75 Å². The van der Waals surface area contributed by atoms with Crippen molar-refractivity contribution in [3.05, 3.63) is 65.0 Å². The Hall–Kier alpha value is -2.30. The van der Waals surface area contributed by atoms with Crippen LogP contribution >= 0.6 is 0 Å². The van der Waals surface area contributed by atoms with Gasteiger partial charge in [-0.05, 0) is 25.1 Å². The van der Waals surface area contributed by atoms with Gasteiger partial charge in [0.05, 0.1) is 5.56 Å². The molecule has 0 aromatic heterocycles. The number of hydrogen-bond donors (Lipinski definition) is 0. The normalized spacial score (nSPS) is 10.4. The Balaban J connectivity index is 2.13. The molecular formula is C15H11F3O2. The lowest BCUT2D eigenvalue weighted by Crippen LogP contribution is -2.02. The summed E-state index contributed by atoms with van der Waals surface area (Å²) in [4.78, 5) is 11.1. The van der Waals surface area contributed by atoms with Gasteiger partial charge in [-0.15, -0.1) is 0 Å². The highest BCUT2D eigenvalue weighted by Crippen LogP contribution is 2.19. The van der Waals surface area contributed by atoms with Crippen LogP contribution in [0.3, 0.4) is 0 Å². The van der Waals surface area contributed by atoms with E-state index < -0.39 is 23.2 Å². The first-order valence-electron chi connectivity index (χ1n) is 5.85. The number of ketones is 1. The minimum absolute atomic E-state index is 0.0288. The molecule has 104 valence electrons. The third kappa shape index (κ3) is 2.99. The molecule has 0 unspecified atom stereocenters. The topological polar surface area (TPSA) is 26.3 Å². The van der Waals surface area contributed by atoms with E-state index in [2.05, 4.69) is 0 Å². The number of carbonyl (C=O) groups excluding carboxylic acids is 1. The summed E-state index contributed by atoms with van der Waals surface area (Å²) in [6.45, 7) is 1.02. The maximum Gasteiger partial charge on any atom is 0.165 e. The zero-order valence-electron chi connectivity index (χ0n) is 10.6. The van der Waals surface area contributed by atoms with Crippen molar-refractivity contribution in [2.45, 2.75) is 13.5 Å². The molecule has 2 nitrogen and oxygen atoms in total.